The topological polar surface area (TPSA) is 12.0 Å². The van der Waals surface area contributed by atoms with Gasteiger partial charge in [-0.25, -0.2) is 0 Å². The molecule has 1 nitrogen and oxygen atoms in total. The first kappa shape index (κ1) is 11.7. The Morgan fingerprint density at radius 2 is 2.06 bits per heavy atom. The highest BCUT2D eigenvalue weighted by Crippen LogP contribution is 2.21. The molecule has 1 fully saturated rings. The van der Waals surface area contributed by atoms with Crippen LogP contribution in [-0.4, -0.2) is 12.6 Å². The summed E-state index contributed by atoms with van der Waals surface area (Å²) < 4.78 is 0. The van der Waals surface area contributed by atoms with Gasteiger partial charge in [0.1, 0.15) is 0 Å². The second-order valence-electron chi connectivity index (χ2n) is 4.97. The zero-order valence-electron chi connectivity index (χ0n) is 10.3. The van der Waals surface area contributed by atoms with E-state index < -0.39 is 0 Å². The van der Waals surface area contributed by atoms with E-state index in [-0.39, 0.29) is 0 Å². The number of hydrogen-bond donors (Lipinski definition) is 1. The van der Waals surface area contributed by atoms with Crippen molar-refractivity contribution in [3.8, 4) is 0 Å². The predicted molar refractivity (Wildman–Crippen MR) is 69.6 cm³/mol. The predicted octanol–water partition coefficient (Wildman–Crippen LogP) is 3.40. The molecular formula is C15H23N. The van der Waals surface area contributed by atoms with Gasteiger partial charge in [0.05, 0.1) is 0 Å². The van der Waals surface area contributed by atoms with Gasteiger partial charge in [0.15, 0.2) is 0 Å². The maximum atomic E-state index is 3.65. The van der Waals surface area contributed by atoms with Crippen molar-refractivity contribution < 1.29 is 0 Å². The third-order valence-corrected chi connectivity index (χ3v) is 3.81. The smallest absolute Gasteiger partial charge is 0.00728 e. The lowest BCUT2D eigenvalue weighted by Crippen LogP contribution is -2.38. The molecule has 1 heteroatoms. The average molecular weight is 217 g/mol. The Balaban J connectivity index is 1.77. The average Bonchev–Trinajstić information content (AvgIpc) is 2.38. The van der Waals surface area contributed by atoms with Gasteiger partial charge >= 0.3 is 0 Å². The normalized spacial score (nSPS) is 25.6. The summed E-state index contributed by atoms with van der Waals surface area (Å²) in [6.07, 6.45) is 6.61. The zero-order valence-corrected chi connectivity index (χ0v) is 10.3. The van der Waals surface area contributed by atoms with Gasteiger partial charge in [0.2, 0.25) is 0 Å². The van der Waals surface area contributed by atoms with E-state index >= 15 is 0 Å². The van der Waals surface area contributed by atoms with Gasteiger partial charge in [-0.1, -0.05) is 43.7 Å². The molecule has 0 radical (unpaired) electrons. The number of hydrogen-bond acceptors (Lipinski definition) is 1. The van der Waals surface area contributed by atoms with Crippen LogP contribution in [0.3, 0.4) is 0 Å². The first-order valence-corrected chi connectivity index (χ1v) is 6.65. The molecule has 2 unspecified atom stereocenters. The number of rotatable bonds is 4. The third kappa shape index (κ3) is 3.34. The first-order chi connectivity index (χ1) is 7.88. The summed E-state index contributed by atoms with van der Waals surface area (Å²) in [6, 6.07) is 11.6. The second kappa shape index (κ2) is 6.05. The fraction of sp³-hybridized carbons (Fsp3) is 0.600. The van der Waals surface area contributed by atoms with Crippen LogP contribution in [0, 0.1) is 5.92 Å². The molecule has 0 amide bonds. The van der Waals surface area contributed by atoms with E-state index in [0.29, 0.717) is 0 Å². The van der Waals surface area contributed by atoms with Crippen LogP contribution in [0.1, 0.15) is 38.2 Å². The molecule has 1 heterocycles. The minimum atomic E-state index is 0.749. The van der Waals surface area contributed by atoms with Gasteiger partial charge in [-0.15, -0.1) is 0 Å². The van der Waals surface area contributed by atoms with Crippen molar-refractivity contribution in [3.63, 3.8) is 0 Å². The van der Waals surface area contributed by atoms with Crippen molar-refractivity contribution in [2.45, 2.75) is 45.1 Å². The summed E-state index contributed by atoms with van der Waals surface area (Å²) in [5.74, 6) is 0.960. The lowest BCUT2D eigenvalue weighted by Gasteiger charge is -2.29. The number of piperidine rings is 1. The van der Waals surface area contributed by atoms with Crippen molar-refractivity contribution in [1.29, 1.82) is 0 Å². The number of benzene rings is 1. The van der Waals surface area contributed by atoms with Crippen LogP contribution < -0.4 is 5.32 Å². The standard InChI is InChI=1S/C15H23N/c1-2-13-10-11-16-15(12-13)9-8-14-6-4-3-5-7-14/h3-7,13,15-16H,2,8-12H2,1H3. The molecule has 1 saturated heterocycles. The van der Waals surface area contributed by atoms with Gasteiger partial charge in [-0.2, -0.15) is 0 Å². The summed E-state index contributed by atoms with van der Waals surface area (Å²) in [6.45, 7) is 3.54. The fourth-order valence-corrected chi connectivity index (χ4v) is 2.67. The van der Waals surface area contributed by atoms with Gasteiger partial charge in [-0.05, 0) is 43.7 Å². The van der Waals surface area contributed by atoms with E-state index in [2.05, 4.69) is 42.6 Å². The summed E-state index contributed by atoms with van der Waals surface area (Å²) in [5.41, 5.74) is 1.47. The molecule has 88 valence electrons. The van der Waals surface area contributed by atoms with E-state index in [1.165, 1.54) is 44.2 Å². The monoisotopic (exact) mass is 217 g/mol. The largest absolute Gasteiger partial charge is 0.314 e. The van der Waals surface area contributed by atoms with Crippen LogP contribution in [0.25, 0.3) is 0 Å². The lowest BCUT2D eigenvalue weighted by atomic mass is 9.88. The van der Waals surface area contributed by atoms with Crippen molar-refractivity contribution in [3.05, 3.63) is 35.9 Å². The Kier molecular flexibility index (Phi) is 4.41. The number of aryl methyl sites for hydroxylation is 1. The van der Waals surface area contributed by atoms with Gasteiger partial charge in [0, 0.05) is 6.04 Å². The highest BCUT2D eigenvalue weighted by atomic mass is 14.9. The van der Waals surface area contributed by atoms with Gasteiger partial charge in [0.25, 0.3) is 0 Å². The molecule has 1 aromatic carbocycles. The molecule has 1 aliphatic heterocycles. The lowest BCUT2D eigenvalue weighted by molar-refractivity contribution is 0.285. The SMILES string of the molecule is CCC1CCNC(CCc2ccccc2)C1. The Morgan fingerprint density at radius 1 is 1.25 bits per heavy atom. The molecule has 2 rings (SSSR count). The highest BCUT2D eigenvalue weighted by molar-refractivity contribution is 5.14. The molecule has 1 N–H and O–H groups in total. The molecule has 2 atom stereocenters. The van der Waals surface area contributed by atoms with Gasteiger partial charge < -0.3 is 5.32 Å². The molecule has 0 saturated carbocycles. The number of nitrogens with one attached hydrogen (secondary N) is 1. The first-order valence-electron chi connectivity index (χ1n) is 6.65. The maximum absolute atomic E-state index is 3.65. The summed E-state index contributed by atoms with van der Waals surface area (Å²) in [5, 5.41) is 3.65. The molecule has 0 aliphatic carbocycles. The quantitative estimate of drug-likeness (QED) is 0.815. The summed E-state index contributed by atoms with van der Waals surface area (Å²) in [4.78, 5) is 0. The van der Waals surface area contributed by atoms with Crippen molar-refractivity contribution in [2.24, 2.45) is 5.92 Å². The third-order valence-electron chi connectivity index (χ3n) is 3.81. The Morgan fingerprint density at radius 3 is 2.81 bits per heavy atom. The van der Waals surface area contributed by atoms with Crippen LogP contribution in [0.5, 0.6) is 0 Å². The van der Waals surface area contributed by atoms with Crippen LogP contribution in [0.2, 0.25) is 0 Å². The molecule has 0 spiro atoms. The van der Waals surface area contributed by atoms with E-state index in [1.54, 1.807) is 0 Å². The van der Waals surface area contributed by atoms with Crippen molar-refractivity contribution in [1.82, 2.24) is 5.32 Å². The highest BCUT2D eigenvalue weighted by Gasteiger charge is 2.19. The van der Waals surface area contributed by atoms with Crippen LogP contribution in [-0.2, 0) is 6.42 Å². The fourth-order valence-electron chi connectivity index (χ4n) is 2.67. The second-order valence-corrected chi connectivity index (χ2v) is 4.97. The van der Waals surface area contributed by atoms with Crippen LogP contribution in [0.15, 0.2) is 30.3 Å². The molecule has 0 bridgehead atoms. The van der Waals surface area contributed by atoms with Crippen molar-refractivity contribution in [2.75, 3.05) is 6.54 Å². The molecule has 16 heavy (non-hydrogen) atoms. The van der Waals surface area contributed by atoms with Crippen LogP contribution >= 0.6 is 0 Å². The van der Waals surface area contributed by atoms with E-state index in [1.807, 2.05) is 0 Å². The van der Waals surface area contributed by atoms with Crippen molar-refractivity contribution >= 4 is 0 Å². The minimum absolute atomic E-state index is 0.749. The Labute approximate surface area is 99.3 Å². The Bertz CT molecular complexity index is 294. The maximum Gasteiger partial charge on any atom is 0.00728 e. The molecular weight excluding hydrogens is 194 g/mol. The minimum Gasteiger partial charge on any atom is -0.314 e. The zero-order chi connectivity index (χ0) is 11.2. The summed E-state index contributed by atoms with van der Waals surface area (Å²) >= 11 is 0. The van der Waals surface area contributed by atoms with Crippen LogP contribution in [0.4, 0.5) is 0 Å². The van der Waals surface area contributed by atoms with Gasteiger partial charge in [-0.3, -0.25) is 0 Å². The molecule has 1 aliphatic rings. The van der Waals surface area contributed by atoms with E-state index in [0.717, 1.165) is 12.0 Å². The molecule has 1 aromatic rings. The van der Waals surface area contributed by atoms with E-state index in [9.17, 15) is 0 Å². The molecule has 0 aromatic heterocycles. The Hall–Kier alpha value is -0.820. The van der Waals surface area contributed by atoms with E-state index in [4.69, 9.17) is 0 Å². The summed E-state index contributed by atoms with van der Waals surface area (Å²) in [7, 11) is 0.